The second kappa shape index (κ2) is 5.40. The zero-order chi connectivity index (χ0) is 13.1. The van der Waals surface area contributed by atoms with Crippen molar-refractivity contribution < 1.29 is 9.47 Å². The Morgan fingerprint density at radius 3 is 2.56 bits per heavy atom. The van der Waals surface area contributed by atoms with E-state index in [1.54, 1.807) is 25.6 Å². The van der Waals surface area contributed by atoms with E-state index in [9.17, 15) is 0 Å². The highest BCUT2D eigenvalue weighted by atomic mass is 32.1. The molecule has 2 aromatic rings. The molecule has 0 amide bonds. The lowest BCUT2D eigenvalue weighted by molar-refractivity contribution is 0.416. The predicted molar refractivity (Wildman–Crippen MR) is 74.8 cm³/mol. The van der Waals surface area contributed by atoms with Crippen LogP contribution in [0.4, 0.5) is 0 Å². The van der Waals surface area contributed by atoms with E-state index in [-0.39, 0.29) is 0 Å². The van der Waals surface area contributed by atoms with Crippen LogP contribution in [0.25, 0.3) is 10.6 Å². The third kappa shape index (κ3) is 2.34. The lowest BCUT2D eigenvalue weighted by Crippen LogP contribution is -1.90. The number of aromatic nitrogens is 1. The number of ether oxygens (including phenoxy) is 2. The Morgan fingerprint density at radius 2 is 2.00 bits per heavy atom. The van der Waals surface area contributed by atoms with Crippen LogP contribution in [0.2, 0.25) is 0 Å². The number of aryl methyl sites for hydroxylation is 2. The summed E-state index contributed by atoms with van der Waals surface area (Å²) in [7, 11) is 3.35. The van der Waals surface area contributed by atoms with Gasteiger partial charge in [-0.25, -0.2) is 4.98 Å². The number of hydrogen-bond acceptors (Lipinski definition) is 4. The maximum absolute atomic E-state index is 5.41. The molecule has 0 aliphatic carbocycles. The standard InChI is InChI=1S/C14H17NO2S/c1-5-10-6-7-12(16-3)11(8-10)13-15-9(2)14(17-4)18-13/h6-8H,5H2,1-4H3. The first-order valence-corrected chi connectivity index (χ1v) is 6.70. The molecular formula is C14H17NO2S. The fourth-order valence-corrected chi connectivity index (χ4v) is 2.73. The molecule has 0 unspecified atom stereocenters. The number of rotatable bonds is 4. The first-order valence-electron chi connectivity index (χ1n) is 5.88. The normalized spacial score (nSPS) is 10.4. The van der Waals surface area contributed by atoms with Gasteiger partial charge < -0.3 is 9.47 Å². The molecule has 0 radical (unpaired) electrons. The lowest BCUT2D eigenvalue weighted by Gasteiger charge is -2.07. The summed E-state index contributed by atoms with van der Waals surface area (Å²) in [6.07, 6.45) is 0.998. The maximum Gasteiger partial charge on any atom is 0.197 e. The first kappa shape index (κ1) is 12.9. The number of methoxy groups -OCH3 is 2. The van der Waals surface area contributed by atoms with Gasteiger partial charge in [0.1, 0.15) is 10.8 Å². The molecule has 18 heavy (non-hydrogen) atoms. The Kier molecular flexibility index (Phi) is 3.87. The van der Waals surface area contributed by atoms with Gasteiger partial charge in [-0.2, -0.15) is 0 Å². The van der Waals surface area contributed by atoms with Crippen LogP contribution in [0.1, 0.15) is 18.2 Å². The Labute approximate surface area is 111 Å². The fourth-order valence-electron chi connectivity index (χ4n) is 1.83. The van der Waals surface area contributed by atoms with Crippen LogP contribution in [0, 0.1) is 6.92 Å². The van der Waals surface area contributed by atoms with Gasteiger partial charge in [0.15, 0.2) is 5.06 Å². The van der Waals surface area contributed by atoms with Gasteiger partial charge >= 0.3 is 0 Å². The van der Waals surface area contributed by atoms with Crippen molar-refractivity contribution in [3.05, 3.63) is 29.5 Å². The summed E-state index contributed by atoms with van der Waals surface area (Å²) in [5.41, 5.74) is 3.23. The summed E-state index contributed by atoms with van der Waals surface area (Å²) >= 11 is 1.55. The van der Waals surface area contributed by atoms with Crippen molar-refractivity contribution in [3.8, 4) is 21.4 Å². The second-order valence-electron chi connectivity index (χ2n) is 3.98. The molecule has 0 atom stereocenters. The third-order valence-corrected chi connectivity index (χ3v) is 3.99. The molecule has 4 heteroatoms. The molecule has 0 saturated heterocycles. The van der Waals surface area contributed by atoms with Gasteiger partial charge in [-0.3, -0.25) is 0 Å². The molecule has 0 fully saturated rings. The number of thiazole rings is 1. The summed E-state index contributed by atoms with van der Waals surface area (Å²) < 4.78 is 10.7. The molecule has 1 aromatic heterocycles. The monoisotopic (exact) mass is 263 g/mol. The van der Waals surface area contributed by atoms with Crippen molar-refractivity contribution in [1.29, 1.82) is 0 Å². The Bertz CT molecular complexity index is 549. The van der Waals surface area contributed by atoms with E-state index in [0.29, 0.717) is 0 Å². The van der Waals surface area contributed by atoms with E-state index in [2.05, 4.69) is 24.0 Å². The first-order chi connectivity index (χ1) is 8.69. The van der Waals surface area contributed by atoms with Gasteiger partial charge in [-0.05, 0) is 31.0 Å². The van der Waals surface area contributed by atoms with Crippen LogP contribution >= 0.6 is 11.3 Å². The van der Waals surface area contributed by atoms with Gasteiger partial charge in [0, 0.05) is 0 Å². The Hall–Kier alpha value is -1.55. The van der Waals surface area contributed by atoms with Crippen molar-refractivity contribution in [2.24, 2.45) is 0 Å². The molecule has 0 aliphatic heterocycles. The van der Waals surface area contributed by atoms with E-state index < -0.39 is 0 Å². The molecule has 1 heterocycles. The SMILES string of the molecule is CCc1ccc(OC)c(-c2nc(C)c(OC)s2)c1. The zero-order valence-electron chi connectivity index (χ0n) is 11.1. The minimum atomic E-state index is 0.851. The average Bonchev–Trinajstić information content (AvgIpc) is 2.79. The summed E-state index contributed by atoms with van der Waals surface area (Å²) in [6, 6.07) is 6.22. The quantitative estimate of drug-likeness (QED) is 0.843. The number of benzene rings is 1. The van der Waals surface area contributed by atoms with E-state index in [4.69, 9.17) is 9.47 Å². The van der Waals surface area contributed by atoms with Gasteiger partial charge in [0.25, 0.3) is 0 Å². The van der Waals surface area contributed by atoms with E-state index in [0.717, 1.165) is 33.5 Å². The molecule has 96 valence electrons. The number of nitrogens with zero attached hydrogens (tertiary/aromatic N) is 1. The van der Waals surface area contributed by atoms with Crippen LogP contribution in [0.5, 0.6) is 10.8 Å². The summed E-state index contributed by atoms with van der Waals surface area (Å²) in [5, 5.41) is 1.80. The molecule has 0 saturated carbocycles. The van der Waals surface area contributed by atoms with Gasteiger partial charge in [-0.1, -0.05) is 24.3 Å². The smallest absolute Gasteiger partial charge is 0.197 e. The highest BCUT2D eigenvalue weighted by Gasteiger charge is 2.14. The van der Waals surface area contributed by atoms with Crippen LogP contribution in [0.3, 0.4) is 0 Å². The molecule has 0 bridgehead atoms. The molecular weight excluding hydrogens is 246 g/mol. The molecule has 3 nitrogen and oxygen atoms in total. The lowest BCUT2D eigenvalue weighted by atomic mass is 10.1. The van der Waals surface area contributed by atoms with Crippen molar-refractivity contribution in [3.63, 3.8) is 0 Å². The van der Waals surface area contributed by atoms with Gasteiger partial charge in [0.2, 0.25) is 0 Å². The molecule has 0 aliphatic rings. The molecule has 2 rings (SSSR count). The molecule has 0 N–H and O–H groups in total. The Balaban J connectivity index is 2.53. The van der Waals surface area contributed by atoms with Gasteiger partial charge in [-0.15, -0.1) is 0 Å². The van der Waals surface area contributed by atoms with Crippen LogP contribution < -0.4 is 9.47 Å². The van der Waals surface area contributed by atoms with E-state index in [1.165, 1.54) is 5.56 Å². The van der Waals surface area contributed by atoms with Crippen molar-refractivity contribution in [2.75, 3.05) is 14.2 Å². The summed E-state index contributed by atoms with van der Waals surface area (Å²) in [5.74, 6) is 0.851. The van der Waals surface area contributed by atoms with Crippen LogP contribution in [-0.2, 0) is 6.42 Å². The third-order valence-electron chi connectivity index (χ3n) is 2.84. The highest BCUT2D eigenvalue weighted by molar-refractivity contribution is 7.17. The predicted octanol–water partition coefficient (Wildman–Crippen LogP) is 3.70. The van der Waals surface area contributed by atoms with Crippen molar-refractivity contribution in [2.45, 2.75) is 20.3 Å². The molecule has 1 aromatic carbocycles. The van der Waals surface area contributed by atoms with Crippen molar-refractivity contribution in [1.82, 2.24) is 4.98 Å². The minimum Gasteiger partial charge on any atom is -0.496 e. The number of hydrogen-bond donors (Lipinski definition) is 0. The van der Waals surface area contributed by atoms with Gasteiger partial charge in [0.05, 0.1) is 25.5 Å². The zero-order valence-corrected chi connectivity index (χ0v) is 11.9. The summed E-state index contributed by atoms with van der Waals surface area (Å²) in [4.78, 5) is 4.55. The topological polar surface area (TPSA) is 31.4 Å². The summed E-state index contributed by atoms with van der Waals surface area (Å²) in [6.45, 7) is 4.09. The molecule has 0 spiro atoms. The van der Waals surface area contributed by atoms with E-state index in [1.807, 2.05) is 13.0 Å². The minimum absolute atomic E-state index is 0.851. The average molecular weight is 263 g/mol. The highest BCUT2D eigenvalue weighted by Crippen LogP contribution is 2.38. The maximum atomic E-state index is 5.41. The second-order valence-corrected chi connectivity index (χ2v) is 4.95. The van der Waals surface area contributed by atoms with E-state index >= 15 is 0 Å². The largest absolute Gasteiger partial charge is 0.496 e. The van der Waals surface area contributed by atoms with Crippen LogP contribution in [-0.4, -0.2) is 19.2 Å². The van der Waals surface area contributed by atoms with Crippen molar-refractivity contribution >= 4 is 11.3 Å². The van der Waals surface area contributed by atoms with Crippen LogP contribution in [0.15, 0.2) is 18.2 Å². The Morgan fingerprint density at radius 1 is 1.22 bits per heavy atom. The fraction of sp³-hybridized carbons (Fsp3) is 0.357.